The maximum Gasteiger partial charge on any atom is 0.342 e. The van der Waals surface area contributed by atoms with Crippen LogP contribution in [0.4, 0.5) is 0 Å². The van der Waals surface area contributed by atoms with Gasteiger partial charge in [-0.1, -0.05) is 17.7 Å². The average molecular weight is 367 g/mol. The fourth-order valence-corrected chi connectivity index (χ4v) is 3.26. The fraction of sp³-hybridized carbons (Fsp3) is 0.444. The number of allylic oxidation sites excluding steroid dienone is 2. The number of halogens is 1. The first-order valence-corrected chi connectivity index (χ1v) is 8.53. The predicted octanol–water partition coefficient (Wildman–Crippen LogP) is 2.92. The highest BCUT2D eigenvalue weighted by Crippen LogP contribution is 2.38. The minimum absolute atomic E-state index is 0.0336. The number of fused-ring (bicyclic) bond motifs is 2. The lowest BCUT2D eigenvalue weighted by atomic mass is 9.99. The van der Waals surface area contributed by atoms with E-state index in [1.807, 2.05) is 0 Å². The minimum Gasteiger partial charge on any atom is -0.507 e. The van der Waals surface area contributed by atoms with Crippen molar-refractivity contribution in [3.63, 3.8) is 0 Å². The van der Waals surface area contributed by atoms with Gasteiger partial charge in [0.05, 0.1) is 17.2 Å². The van der Waals surface area contributed by atoms with Crippen LogP contribution in [0.25, 0.3) is 0 Å². The summed E-state index contributed by atoms with van der Waals surface area (Å²) in [6.07, 6.45) is 4.74. The highest BCUT2D eigenvalue weighted by Gasteiger charge is 2.39. The fourth-order valence-electron chi connectivity index (χ4n) is 3.04. The van der Waals surface area contributed by atoms with Crippen LogP contribution in [0.3, 0.4) is 0 Å². The molecule has 134 valence electrons. The van der Waals surface area contributed by atoms with E-state index >= 15 is 0 Å². The van der Waals surface area contributed by atoms with E-state index < -0.39 is 23.6 Å². The molecule has 0 amide bonds. The van der Waals surface area contributed by atoms with Crippen LogP contribution in [-0.2, 0) is 20.7 Å². The SMILES string of the molecule is C[C@@H]1CC2OC2CCC=CC(=O)Cc2c(Cl)c(O)cc(O)c2C(=O)O1. The molecule has 2 aliphatic rings. The van der Waals surface area contributed by atoms with Crippen LogP contribution in [0.15, 0.2) is 18.2 Å². The summed E-state index contributed by atoms with van der Waals surface area (Å²) in [5.74, 6) is -1.95. The third-order valence-electron chi connectivity index (χ3n) is 4.36. The van der Waals surface area contributed by atoms with Crippen molar-refractivity contribution in [2.45, 2.75) is 50.9 Å². The van der Waals surface area contributed by atoms with E-state index in [0.29, 0.717) is 12.8 Å². The second-order valence-electron chi connectivity index (χ2n) is 6.37. The summed E-state index contributed by atoms with van der Waals surface area (Å²) in [7, 11) is 0. The molecule has 7 heteroatoms. The van der Waals surface area contributed by atoms with Crippen molar-refractivity contribution in [1.29, 1.82) is 0 Å². The third-order valence-corrected chi connectivity index (χ3v) is 4.78. The summed E-state index contributed by atoms with van der Waals surface area (Å²) in [4.78, 5) is 24.7. The van der Waals surface area contributed by atoms with Crippen molar-refractivity contribution in [3.8, 4) is 11.5 Å². The number of phenols is 2. The molecule has 0 aliphatic carbocycles. The molecule has 1 saturated heterocycles. The number of phenolic OH excluding ortho intramolecular Hbond substituents is 2. The van der Waals surface area contributed by atoms with Crippen LogP contribution < -0.4 is 0 Å². The molecule has 1 aromatic carbocycles. The smallest absolute Gasteiger partial charge is 0.342 e. The van der Waals surface area contributed by atoms with Gasteiger partial charge in [-0.25, -0.2) is 4.79 Å². The molecular formula is C18H19ClO6. The number of carbonyl (C=O) groups is 2. The van der Waals surface area contributed by atoms with Crippen molar-refractivity contribution >= 4 is 23.4 Å². The highest BCUT2D eigenvalue weighted by molar-refractivity contribution is 6.33. The quantitative estimate of drug-likeness (QED) is 0.541. The van der Waals surface area contributed by atoms with E-state index in [4.69, 9.17) is 21.1 Å². The van der Waals surface area contributed by atoms with E-state index in [1.54, 1.807) is 13.0 Å². The van der Waals surface area contributed by atoms with Crippen molar-refractivity contribution < 1.29 is 29.3 Å². The molecule has 0 saturated carbocycles. The average Bonchev–Trinajstić information content (AvgIpc) is 3.25. The standard InChI is InChI=1S/C18H19ClO6/c1-9-6-15-14(25-15)5-3-2-4-10(20)7-11-16(18(23)24-9)12(21)8-13(22)17(11)19/h2,4,8-9,14-15,21-22H,3,5-7H2,1H3/t9-,14?,15?/m1/s1. The molecule has 2 aliphatic heterocycles. The van der Waals surface area contributed by atoms with Crippen molar-refractivity contribution in [1.82, 2.24) is 0 Å². The zero-order valence-electron chi connectivity index (χ0n) is 13.7. The largest absolute Gasteiger partial charge is 0.507 e. The first-order chi connectivity index (χ1) is 11.9. The lowest BCUT2D eigenvalue weighted by Gasteiger charge is -2.16. The monoisotopic (exact) mass is 366 g/mol. The van der Waals surface area contributed by atoms with Gasteiger partial charge in [-0.3, -0.25) is 4.79 Å². The Bertz CT molecular complexity index is 742. The zero-order valence-corrected chi connectivity index (χ0v) is 14.5. The van der Waals surface area contributed by atoms with E-state index in [0.717, 1.165) is 12.5 Å². The summed E-state index contributed by atoms with van der Waals surface area (Å²) < 4.78 is 10.9. The molecule has 2 heterocycles. The Morgan fingerprint density at radius 3 is 2.72 bits per heavy atom. The lowest BCUT2D eigenvalue weighted by molar-refractivity contribution is -0.114. The second-order valence-corrected chi connectivity index (χ2v) is 6.75. The van der Waals surface area contributed by atoms with Gasteiger partial charge < -0.3 is 19.7 Å². The van der Waals surface area contributed by atoms with Gasteiger partial charge in [-0.15, -0.1) is 0 Å². The number of epoxide rings is 1. The van der Waals surface area contributed by atoms with Crippen LogP contribution in [-0.4, -0.2) is 40.3 Å². The van der Waals surface area contributed by atoms with Gasteiger partial charge >= 0.3 is 5.97 Å². The number of carbonyl (C=O) groups excluding carboxylic acids is 2. The third kappa shape index (κ3) is 3.96. The second kappa shape index (κ2) is 7.06. The number of aromatic hydroxyl groups is 2. The van der Waals surface area contributed by atoms with Crippen molar-refractivity contribution in [2.75, 3.05) is 0 Å². The Balaban J connectivity index is 1.98. The molecule has 2 N–H and O–H groups in total. The molecule has 0 radical (unpaired) electrons. The van der Waals surface area contributed by atoms with Crippen LogP contribution in [0.1, 0.15) is 42.1 Å². The van der Waals surface area contributed by atoms with Crippen LogP contribution in [0, 0.1) is 0 Å². The topological polar surface area (TPSA) is 96.4 Å². The molecule has 3 atom stereocenters. The molecule has 1 aromatic rings. The van der Waals surface area contributed by atoms with Gasteiger partial charge in [0.1, 0.15) is 23.2 Å². The molecule has 6 nitrogen and oxygen atoms in total. The van der Waals surface area contributed by atoms with E-state index in [-0.39, 0.29) is 40.6 Å². The van der Waals surface area contributed by atoms with Gasteiger partial charge in [-0.05, 0) is 25.8 Å². The molecule has 0 spiro atoms. The van der Waals surface area contributed by atoms with Gasteiger partial charge in [0.15, 0.2) is 5.78 Å². The summed E-state index contributed by atoms with van der Waals surface area (Å²) in [6.45, 7) is 1.74. The number of rotatable bonds is 0. The zero-order chi connectivity index (χ0) is 18.1. The number of ether oxygens (including phenoxy) is 2. The highest BCUT2D eigenvalue weighted by atomic mass is 35.5. The summed E-state index contributed by atoms with van der Waals surface area (Å²) >= 11 is 6.07. The minimum atomic E-state index is -0.784. The maximum atomic E-state index is 12.5. The molecule has 3 rings (SSSR count). The number of benzene rings is 1. The number of hydrogen-bond acceptors (Lipinski definition) is 6. The number of hydrogen-bond donors (Lipinski definition) is 2. The van der Waals surface area contributed by atoms with Gasteiger partial charge in [0, 0.05) is 24.5 Å². The Hall–Kier alpha value is -2.05. The molecule has 0 aromatic heterocycles. The lowest BCUT2D eigenvalue weighted by Crippen LogP contribution is -2.20. The normalized spacial score (nSPS) is 27.0. The molecule has 0 bridgehead atoms. The van der Waals surface area contributed by atoms with Crippen LogP contribution in [0.5, 0.6) is 11.5 Å². The number of cyclic esters (lactones) is 1. The number of esters is 1. The van der Waals surface area contributed by atoms with Crippen LogP contribution >= 0.6 is 11.6 Å². The van der Waals surface area contributed by atoms with E-state index in [1.165, 1.54) is 6.08 Å². The predicted molar refractivity (Wildman–Crippen MR) is 90.0 cm³/mol. The Morgan fingerprint density at radius 1 is 1.20 bits per heavy atom. The van der Waals surface area contributed by atoms with Gasteiger partial charge in [-0.2, -0.15) is 0 Å². The molecule has 2 unspecified atom stereocenters. The Labute approximate surface area is 150 Å². The number of ketones is 1. The first-order valence-electron chi connectivity index (χ1n) is 8.16. The summed E-state index contributed by atoms with van der Waals surface area (Å²) in [5, 5.41) is 19.8. The van der Waals surface area contributed by atoms with E-state index in [2.05, 4.69) is 0 Å². The van der Waals surface area contributed by atoms with Crippen molar-refractivity contribution in [2.24, 2.45) is 0 Å². The maximum absolute atomic E-state index is 12.5. The Morgan fingerprint density at radius 2 is 1.96 bits per heavy atom. The molecule has 1 fully saturated rings. The summed E-state index contributed by atoms with van der Waals surface area (Å²) in [6, 6.07) is 0.969. The first kappa shape index (κ1) is 17.8. The Kier molecular flexibility index (Phi) is 5.01. The molecule has 25 heavy (non-hydrogen) atoms. The van der Waals surface area contributed by atoms with Crippen LogP contribution in [0.2, 0.25) is 5.02 Å². The van der Waals surface area contributed by atoms with Gasteiger partial charge in [0.2, 0.25) is 0 Å². The van der Waals surface area contributed by atoms with Gasteiger partial charge in [0.25, 0.3) is 0 Å². The van der Waals surface area contributed by atoms with Crippen molar-refractivity contribution in [3.05, 3.63) is 34.4 Å². The van der Waals surface area contributed by atoms with E-state index in [9.17, 15) is 19.8 Å². The summed E-state index contributed by atoms with van der Waals surface area (Å²) in [5.41, 5.74) is -0.134. The molecular weight excluding hydrogens is 348 g/mol.